The molecule has 2 aliphatic rings. The van der Waals surface area contributed by atoms with E-state index >= 15 is 0 Å². The summed E-state index contributed by atoms with van der Waals surface area (Å²) >= 11 is 0. The molecule has 0 radical (unpaired) electrons. The molecule has 1 saturated heterocycles. The van der Waals surface area contributed by atoms with Gasteiger partial charge in [0.05, 0.1) is 4.90 Å². The van der Waals surface area contributed by atoms with Crippen molar-refractivity contribution in [2.75, 3.05) is 13.1 Å². The fraction of sp³-hybridized carbons (Fsp3) is 0.632. The van der Waals surface area contributed by atoms with Gasteiger partial charge >= 0.3 is 0 Å². The fourth-order valence-electron chi connectivity index (χ4n) is 3.89. The first kappa shape index (κ1) is 18.4. The van der Waals surface area contributed by atoms with Gasteiger partial charge in [-0.3, -0.25) is 4.79 Å². The smallest absolute Gasteiger partial charge is 0.243 e. The Labute approximate surface area is 150 Å². The summed E-state index contributed by atoms with van der Waals surface area (Å²) in [6.45, 7) is 3.01. The zero-order valence-electron chi connectivity index (χ0n) is 14.9. The predicted molar refractivity (Wildman–Crippen MR) is 97.7 cm³/mol. The van der Waals surface area contributed by atoms with E-state index in [0.29, 0.717) is 25.4 Å². The summed E-state index contributed by atoms with van der Waals surface area (Å²) < 4.78 is 27.2. The number of hydrogen-bond acceptors (Lipinski definition) is 3. The molecule has 1 aliphatic heterocycles. The molecule has 1 heterocycles. The molecule has 1 atom stereocenters. The maximum Gasteiger partial charge on any atom is 0.243 e. The summed E-state index contributed by atoms with van der Waals surface area (Å²) in [5.74, 6) is 0.403. The van der Waals surface area contributed by atoms with Crippen LogP contribution in [0.2, 0.25) is 0 Å². The van der Waals surface area contributed by atoms with Crippen LogP contribution < -0.4 is 5.32 Å². The van der Waals surface area contributed by atoms with Crippen LogP contribution in [0.25, 0.3) is 0 Å². The number of nitrogens with one attached hydrogen (secondary N) is 1. The van der Waals surface area contributed by atoms with Crippen LogP contribution in [-0.4, -0.2) is 37.8 Å². The third-order valence-electron chi connectivity index (χ3n) is 5.42. The van der Waals surface area contributed by atoms with E-state index in [-0.39, 0.29) is 10.8 Å². The number of carbonyl (C=O) groups excluding carboxylic acids is 1. The van der Waals surface area contributed by atoms with Gasteiger partial charge in [-0.2, -0.15) is 4.31 Å². The first-order valence-corrected chi connectivity index (χ1v) is 10.8. The van der Waals surface area contributed by atoms with Crippen molar-refractivity contribution in [3.8, 4) is 0 Å². The van der Waals surface area contributed by atoms with E-state index in [9.17, 15) is 13.2 Å². The van der Waals surface area contributed by atoms with Crippen LogP contribution >= 0.6 is 0 Å². The fourth-order valence-corrected chi connectivity index (χ4v) is 5.55. The van der Waals surface area contributed by atoms with Crippen molar-refractivity contribution in [2.24, 2.45) is 5.92 Å². The second-order valence-corrected chi connectivity index (χ2v) is 9.23. The lowest BCUT2D eigenvalue weighted by atomic mass is 9.89. The van der Waals surface area contributed by atoms with Gasteiger partial charge in [0.2, 0.25) is 15.9 Å². The summed E-state index contributed by atoms with van der Waals surface area (Å²) in [6, 6.07) is 6.26. The molecule has 0 unspecified atom stereocenters. The largest absolute Gasteiger partial charge is 0.354 e. The summed E-state index contributed by atoms with van der Waals surface area (Å²) in [4.78, 5) is 12.9. The zero-order valence-corrected chi connectivity index (χ0v) is 15.7. The summed E-state index contributed by atoms with van der Waals surface area (Å²) in [5, 5.41) is 3.01. The molecular weight excluding hydrogens is 336 g/mol. The normalized spacial score (nSPS) is 22.8. The topological polar surface area (TPSA) is 66.5 Å². The predicted octanol–water partition coefficient (Wildman–Crippen LogP) is 2.84. The first-order valence-electron chi connectivity index (χ1n) is 9.35. The van der Waals surface area contributed by atoms with E-state index in [2.05, 4.69) is 5.32 Å². The average Bonchev–Trinajstić information content (AvgIpc) is 3.12. The third kappa shape index (κ3) is 4.23. The lowest BCUT2D eigenvalue weighted by molar-refractivity contribution is -0.124. The van der Waals surface area contributed by atoms with Crippen LogP contribution in [-0.2, 0) is 14.8 Å². The second kappa shape index (κ2) is 7.87. The SMILES string of the molecule is Cc1ccc(S(=O)(=O)N2CCC[C@H]2C(=O)NCC2CCCCC2)cc1. The van der Waals surface area contributed by atoms with E-state index in [4.69, 9.17) is 0 Å². The van der Waals surface area contributed by atoms with Crippen LogP contribution in [0, 0.1) is 12.8 Å². The van der Waals surface area contributed by atoms with Gasteiger partial charge in [-0.25, -0.2) is 8.42 Å². The number of carbonyl (C=O) groups is 1. The summed E-state index contributed by atoms with van der Waals surface area (Å²) in [7, 11) is -3.62. The number of rotatable bonds is 5. The van der Waals surface area contributed by atoms with Gasteiger partial charge in [0, 0.05) is 13.1 Å². The van der Waals surface area contributed by atoms with Crippen molar-refractivity contribution in [1.82, 2.24) is 9.62 Å². The molecule has 1 saturated carbocycles. The van der Waals surface area contributed by atoms with Crippen LogP contribution in [0.15, 0.2) is 29.2 Å². The van der Waals surface area contributed by atoms with E-state index in [1.165, 1.54) is 23.6 Å². The molecule has 1 aromatic carbocycles. The number of sulfonamides is 1. The van der Waals surface area contributed by atoms with E-state index < -0.39 is 16.1 Å². The van der Waals surface area contributed by atoms with Gasteiger partial charge in [0.1, 0.15) is 6.04 Å². The number of nitrogens with zero attached hydrogens (tertiary/aromatic N) is 1. The highest BCUT2D eigenvalue weighted by Crippen LogP contribution is 2.27. The van der Waals surface area contributed by atoms with Crippen LogP contribution in [0.3, 0.4) is 0 Å². The molecule has 5 nitrogen and oxygen atoms in total. The van der Waals surface area contributed by atoms with Gasteiger partial charge in [-0.05, 0) is 50.7 Å². The molecule has 6 heteroatoms. The maximum atomic E-state index is 12.9. The lowest BCUT2D eigenvalue weighted by Gasteiger charge is -2.26. The Morgan fingerprint density at radius 1 is 1.08 bits per heavy atom. The van der Waals surface area contributed by atoms with Crippen molar-refractivity contribution in [2.45, 2.75) is 62.8 Å². The van der Waals surface area contributed by atoms with Gasteiger partial charge < -0.3 is 5.32 Å². The molecule has 1 amide bonds. The Morgan fingerprint density at radius 3 is 2.44 bits per heavy atom. The molecule has 0 bridgehead atoms. The Hall–Kier alpha value is -1.40. The Bertz CT molecular complexity index is 694. The quantitative estimate of drug-likeness (QED) is 0.874. The molecule has 1 N–H and O–H groups in total. The lowest BCUT2D eigenvalue weighted by Crippen LogP contribution is -2.47. The molecule has 2 fully saturated rings. The van der Waals surface area contributed by atoms with E-state index in [1.54, 1.807) is 24.3 Å². The molecule has 1 aliphatic carbocycles. The number of hydrogen-bond donors (Lipinski definition) is 1. The molecule has 1 aromatic rings. The van der Waals surface area contributed by atoms with Gasteiger partial charge in [0.15, 0.2) is 0 Å². The van der Waals surface area contributed by atoms with Gasteiger partial charge in [-0.15, -0.1) is 0 Å². The second-order valence-electron chi connectivity index (χ2n) is 7.34. The zero-order chi connectivity index (χ0) is 17.9. The van der Waals surface area contributed by atoms with Crippen molar-refractivity contribution in [1.29, 1.82) is 0 Å². The number of benzene rings is 1. The highest BCUT2D eigenvalue weighted by molar-refractivity contribution is 7.89. The van der Waals surface area contributed by atoms with Crippen LogP contribution in [0.1, 0.15) is 50.5 Å². The van der Waals surface area contributed by atoms with Crippen molar-refractivity contribution >= 4 is 15.9 Å². The van der Waals surface area contributed by atoms with Crippen molar-refractivity contribution < 1.29 is 13.2 Å². The minimum Gasteiger partial charge on any atom is -0.354 e. The Kier molecular flexibility index (Phi) is 5.79. The minimum atomic E-state index is -3.62. The standard InChI is InChI=1S/C19H28N2O3S/c1-15-9-11-17(12-10-15)25(23,24)21-13-5-8-18(21)19(22)20-14-16-6-3-2-4-7-16/h9-12,16,18H,2-8,13-14H2,1H3,(H,20,22)/t18-/m0/s1. The Morgan fingerprint density at radius 2 is 1.76 bits per heavy atom. The highest BCUT2D eigenvalue weighted by atomic mass is 32.2. The summed E-state index contributed by atoms with van der Waals surface area (Å²) in [6.07, 6.45) is 7.41. The Balaban J connectivity index is 1.66. The number of amides is 1. The van der Waals surface area contributed by atoms with Gasteiger partial charge in [0.25, 0.3) is 0 Å². The van der Waals surface area contributed by atoms with Gasteiger partial charge in [-0.1, -0.05) is 37.0 Å². The van der Waals surface area contributed by atoms with E-state index in [1.807, 2.05) is 6.92 Å². The van der Waals surface area contributed by atoms with Crippen molar-refractivity contribution in [3.05, 3.63) is 29.8 Å². The molecule has 0 spiro atoms. The van der Waals surface area contributed by atoms with Crippen LogP contribution in [0.4, 0.5) is 0 Å². The highest BCUT2D eigenvalue weighted by Gasteiger charge is 2.39. The first-order chi connectivity index (χ1) is 12.0. The van der Waals surface area contributed by atoms with E-state index in [0.717, 1.165) is 24.8 Å². The molecule has 138 valence electrons. The minimum absolute atomic E-state index is 0.140. The average molecular weight is 365 g/mol. The molecule has 3 rings (SSSR count). The number of aryl methyl sites for hydroxylation is 1. The summed E-state index contributed by atoms with van der Waals surface area (Å²) in [5.41, 5.74) is 1.02. The van der Waals surface area contributed by atoms with Crippen molar-refractivity contribution in [3.63, 3.8) is 0 Å². The maximum absolute atomic E-state index is 12.9. The molecular formula is C19H28N2O3S. The molecule has 0 aromatic heterocycles. The third-order valence-corrected chi connectivity index (χ3v) is 7.35. The monoisotopic (exact) mass is 364 g/mol. The van der Waals surface area contributed by atoms with Crippen LogP contribution in [0.5, 0.6) is 0 Å². The molecule has 25 heavy (non-hydrogen) atoms.